The fourth-order valence-corrected chi connectivity index (χ4v) is 3.81. The molecule has 0 aliphatic rings. The summed E-state index contributed by atoms with van der Waals surface area (Å²) in [6, 6.07) is 12.6. The molecular weight excluding hydrogens is 382 g/mol. The van der Waals surface area contributed by atoms with E-state index in [1.54, 1.807) is 30.5 Å². The maximum atomic E-state index is 12.5. The number of rotatable bonds is 6. The minimum absolute atomic E-state index is 0.222. The number of benzene rings is 2. The van der Waals surface area contributed by atoms with E-state index in [1.165, 1.54) is 22.7 Å². The molecule has 4 rings (SSSR count). The van der Waals surface area contributed by atoms with Crippen molar-refractivity contribution in [3.05, 3.63) is 59.6 Å². The summed E-state index contributed by atoms with van der Waals surface area (Å²) in [5.74, 6) is 1.20. The van der Waals surface area contributed by atoms with Crippen LogP contribution in [0.4, 0.5) is 5.13 Å². The van der Waals surface area contributed by atoms with E-state index in [9.17, 15) is 4.79 Å². The van der Waals surface area contributed by atoms with Crippen LogP contribution in [0.25, 0.3) is 10.2 Å². The van der Waals surface area contributed by atoms with Crippen molar-refractivity contribution in [2.24, 2.45) is 0 Å². The summed E-state index contributed by atoms with van der Waals surface area (Å²) in [5.41, 5.74) is 1.35. The molecule has 0 saturated heterocycles. The number of hydrogen-bond acceptors (Lipinski definition) is 7. The van der Waals surface area contributed by atoms with Gasteiger partial charge in [-0.2, -0.15) is 0 Å². The third-order valence-electron chi connectivity index (χ3n) is 3.62. The number of carbonyl (C=O) groups excluding carboxylic acids is 1. The Labute approximate surface area is 163 Å². The Balaban J connectivity index is 1.46. The van der Waals surface area contributed by atoms with Gasteiger partial charge in [-0.15, -0.1) is 0 Å². The van der Waals surface area contributed by atoms with Crippen LogP contribution in [-0.4, -0.2) is 22.5 Å². The van der Waals surface area contributed by atoms with E-state index >= 15 is 0 Å². The molecule has 6 nitrogen and oxygen atoms in total. The zero-order valence-electron chi connectivity index (χ0n) is 14.3. The van der Waals surface area contributed by atoms with Crippen molar-refractivity contribution in [1.29, 1.82) is 0 Å². The van der Waals surface area contributed by atoms with Crippen LogP contribution < -0.4 is 14.8 Å². The van der Waals surface area contributed by atoms with Gasteiger partial charge in [-0.25, -0.2) is 9.97 Å². The number of nitrogens with one attached hydrogen (secondary N) is 1. The molecule has 0 aliphatic heterocycles. The van der Waals surface area contributed by atoms with E-state index in [1.807, 2.05) is 30.5 Å². The van der Waals surface area contributed by atoms with Gasteiger partial charge in [0.15, 0.2) is 5.13 Å². The van der Waals surface area contributed by atoms with Crippen LogP contribution in [0.2, 0.25) is 0 Å². The number of hydrogen-bond donors (Lipinski definition) is 1. The molecule has 8 heteroatoms. The van der Waals surface area contributed by atoms with E-state index in [4.69, 9.17) is 9.47 Å². The first-order valence-electron chi connectivity index (χ1n) is 8.23. The Hall–Kier alpha value is -2.97. The summed E-state index contributed by atoms with van der Waals surface area (Å²) in [6.07, 6.45) is 1.68. The molecule has 0 atom stereocenters. The summed E-state index contributed by atoms with van der Waals surface area (Å²) < 4.78 is 12.1. The Morgan fingerprint density at radius 3 is 2.70 bits per heavy atom. The average molecular weight is 397 g/mol. The van der Waals surface area contributed by atoms with E-state index < -0.39 is 0 Å². The third-order valence-corrected chi connectivity index (χ3v) is 5.20. The number of anilines is 1. The summed E-state index contributed by atoms with van der Waals surface area (Å²) in [6.45, 7) is 2.55. The van der Waals surface area contributed by atoms with Gasteiger partial charge < -0.3 is 9.47 Å². The zero-order valence-corrected chi connectivity index (χ0v) is 16.0. The third kappa shape index (κ3) is 4.07. The van der Waals surface area contributed by atoms with Crippen LogP contribution in [0.5, 0.6) is 16.7 Å². The van der Waals surface area contributed by atoms with Gasteiger partial charge >= 0.3 is 0 Å². The standard InChI is InChI=1S/C19H15N3O3S2/c1-2-24-14-7-8-15-16(11-14)27-18(21-15)22-17(23)12-3-5-13(6-4-12)25-19-20-9-10-26-19/h3-11H,2H2,1H3,(H,21,22,23). The fourth-order valence-electron chi connectivity index (χ4n) is 2.42. The summed E-state index contributed by atoms with van der Waals surface area (Å²) >= 11 is 2.82. The SMILES string of the molecule is CCOc1ccc2nc(NC(=O)c3ccc(Oc4nccs4)cc3)sc2c1. The Kier molecular flexibility index (Phi) is 4.99. The van der Waals surface area contributed by atoms with Crippen molar-refractivity contribution in [1.82, 2.24) is 9.97 Å². The molecule has 136 valence electrons. The first-order valence-corrected chi connectivity index (χ1v) is 9.93. The summed E-state index contributed by atoms with van der Waals surface area (Å²) in [7, 11) is 0. The zero-order chi connectivity index (χ0) is 18.6. The van der Waals surface area contributed by atoms with E-state index in [2.05, 4.69) is 15.3 Å². The number of ether oxygens (including phenoxy) is 2. The Bertz CT molecular complexity index is 1060. The fraction of sp³-hybridized carbons (Fsp3) is 0.105. The molecule has 27 heavy (non-hydrogen) atoms. The molecule has 1 amide bonds. The number of amides is 1. The first kappa shape index (κ1) is 17.4. The van der Waals surface area contributed by atoms with Crippen LogP contribution in [0.1, 0.15) is 17.3 Å². The maximum Gasteiger partial charge on any atom is 0.278 e. The number of nitrogens with zero attached hydrogens (tertiary/aromatic N) is 2. The molecule has 0 unspecified atom stereocenters. The highest BCUT2D eigenvalue weighted by molar-refractivity contribution is 7.22. The maximum absolute atomic E-state index is 12.5. The topological polar surface area (TPSA) is 73.3 Å². The second-order valence-electron chi connectivity index (χ2n) is 5.46. The van der Waals surface area contributed by atoms with Gasteiger partial charge in [-0.05, 0) is 49.4 Å². The van der Waals surface area contributed by atoms with Crippen molar-refractivity contribution in [3.8, 4) is 16.7 Å². The highest BCUT2D eigenvalue weighted by atomic mass is 32.1. The van der Waals surface area contributed by atoms with Crippen molar-refractivity contribution in [2.75, 3.05) is 11.9 Å². The van der Waals surface area contributed by atoms with Gasteiger partial charge in [0, 0.05) is 17.1 Å². The highest BCUT2D eigenvalue weighted by Gasteiger charge is 2.11. The largest absolute Gasteiger partial charge is 0.494 e. The minimum atomic E-state index is -0.222. The molecular formula is C19H15N3O3S2. The van der Waals surface area contributed by atoms with Crippen molar-refractivity contribution < 1.29 is 14.3 Å². The van der Waals surface area contributed by atoms with Crippen LogP contribution in [0.3, 0.4) is 0 Å². The minimum Gasteiger partial charge on any atom is -0.494 e. The van der Waals surface area contributed by atoms with Crippen molar-refractivity contribution in [2.45, 2.75) is 6.92 Å². The second kappa shape index (κ2) is 7.73. The lowest BCUT2D eigenvalue weighted by Crippen LogP contribution is -2.11. The molecule has 0 spiro atoms. The van der Waals surface area contributed by atoms with E-state index in [0.29, 0.717) is 28.2 Å². The van der Waals surface area contributed by atoms with Gasteiger partial charge in [0.1, 0.15) is 11.5 Å². The molecule has 2 aromatic heterocycles. The smallest absolute Gasteiger partial charge is 0.278 e. The second-order valence-corrected chi connectivity index (χ2v) is 7.35. The van der Waals surface area contributed by atoms with Crippen molar-refractivity contribution in [3.63, 3.8) is 0 Å². The number of thiazole rings is 2. The predicted molar refractivity (Wildman–Crippen MR) is 107 cm³/mol. The Morgan fingerprint density at radius 2 is 1.96 bits per heavy atom. The molecule has 0 aliphatic carbocycles. The lowest BCUT2D eigenvalue weighted by atomic mass is 10.2. The molecule has 2 aromatic carbocycles. The molecule has 0 fully saturated rings. The highest BCUT2D eigenvalue weighted by Crippen LogP contribution is 2.30. The van der Waals surface area contributed by atoms with Crippen LogP contribution in [0, 0.1) is 0 Å². The molecule has 2 heterocycles. The summed E-state index contributed by atoms with van der Waals surface area (Å²) in [4.78, 5) is 21.0. The van der Waals surface area contributed by atoms with Crippen LogP contribution in [-0.2, 0) is 0 Å². The van der Waals surface area contributed by atoms with Gasteiger partial charge in [0.25, 0.3) is 11.1 Å². The number of fused-ring (bicyclic) bond motifs is 1. The van der Waals surface area contributed by atoms with Gasteiger partial charge in [-0.3, -0.25) is 10.1 Å². The van der Waals surface area contributed by atoms with Crippen LogP contribution in [0.15, 0.2) is 54.0 Å². The van der Waals surface area contributed by atoms with Crippen molar-refractivity contribution >= 4 is 43.9 Å². The molecule has 0 radical (unpaired) electrons. The van der Waals surface area contributed by atoms with Gasteiger partial charge in [-0.1, -0.05) is 22.7 Å². The molecule has 0 bridgehead atoms. The quantitative estimate of drug-likeness (QED) is 0.484. The normalized spacial score (nSPS) is 10.7. The summed E-state index contributed by atoms with van der Waals surface area (Å²) in [5, 5.41) is 5.79. The van der Waals surface area contributed by atoms with Crippen LogP contribution >= 0.6 is 22.7 Å². The van der Waals surface area contributed by atoms with E-state index in [-0.39, 0.29) is 5.91 Å². The number of carbonyl (C=O) groups is 1. The number of aromatic nitrogens is 2. The van der Waals surface area contributed by atoms with Gasteiger partial charge in [0.05, 0.1) is 16.8 Å². The molecule has 4 aromatic rings. The van der Waals surface area contributed by atoms with E-state index in [0.717, 1.165) is 16.0 Å². The van der Waals surface area contributed by atoms with Gasteiger partial charge in [0.2, 0.25) is 0 Å². The Morgan fingerprint density at radius 1 is 1.15 bits per heavy atom. The average Bonchev–Trinajstić information content (AvgIpc) is 3.31. The molecule has 0 saturated carbocycles. The lowest BCUT2D eigenvalue weighted by Gasteiger charge is -2.04. The lowest BCUT2D eigenvalue weighted by molar-refractivity contribution is 0.102. The first-order chi connectivity index (χ1) is 13.2. The monoisotopic (exact) mass is 397 g/mol. The predicted octanol–water partition coefficient (Wildman–Crippen LogP) is 5.20. The molecule has 1 N–H and O–H groups in total.